The second kappa shape index (κ2) is 9.26. The quantitative estimate of drug-likeness (QED) is 0.551. The number of carbonyl (C=O) groups excluding carboxylic acids is 1. The van der Waals surface area contributed by atoms with E-state index in [0.717, 1.165) is 12.0 Å². The Kier molecular flexibility index (Phi) is 6.27. The number of nitrogens with zero attached hydrogens (tertiary/aromatic N) is 2. The molecule has 1 aliphatic rings. The van der Waals surface area contributed by atoms with Crippen LogP contribution in [0.15, 0.2) is 47.0 Å². The SMILES string of the molecule is CC[C@@H](C)[C@H](NC(=O)COc1ccc(Cl)cc1)c1nc(-c2ccc3c(c2)OCO3)no1. The Morgan fingerprint density at radius 1 is 1.19 bits per heavy atom. The lowest BCUT2D eigenvalue weighted by Crippen LogP contribution is -2.36. The van der Waals surface area contributed by atoms with Crippen LogP contribution in [0.4, 0.5) is 0 Å². The Labute approximate surface area is 184 Å². The van der Waals surface area contributed by atoms with E-state index in [0.29, 0.717) is 34.0 Å². The minimum Gasteiger partial charge on any atom is -0.484 e. The molecule has 0 saturated carbocycles. The van der Waals surface area contributed by atoms with Crippen molar-refractivity contribution in [1.29, 1.82) is 0 Å². The topological polar surface area (TPSA) is 95.7 Å². The van der Waals surface area contributed by atoms with Gasteiger partial charge in [0.15, 0.2) is 18.1 Å². The second-order valence-corrected chi connectivity index (χ2v) is 7.63. The standard InChI is InChI=1S/C22H22ClN3O5/c1-3-13(2)20(24-19(27)11-28-16-7-5-15(23)6-8-16)22-25-21(26-31-22)14-4-9-17-18(10-14)30-12-29-17/h4-10,13,20H,3,11-12H2,1-2H3,(H,24,27)/t13-,20+/m1/s1. The maximum Gasteiger partial charge on any atom is 0.258 e. The van der Waals surface area contributed by atoms with Crippen molar-refractivity contribution in [1.82, 2.24) is 15.5 Å². The average molecular weight is 444 g/mol. The Hall–Kier alpha value is -3.26. The zero-order valence-corrected chi connectivity index (χ0v) is 17.9. The van der Waals surface area contributed by atoms with E-state index in [1.165, 1.54) is 0 Å². The van der Waals surface area contributed by atoms with Crippen molar-refractivity contribution < 1.29 is 23.5 Å². The highest BCUT2D eigenvalue weighted by atomic mass is 35.5. The molecule has 0 saturated heterocycles. The molecule has 3 aromatic rings. The van der Waals surface area contributed by atoms with Crippen LogP contribution in [-0.2, 0) is 4.79 Å². The molecule has 2 heterocycles. The molecule has 1 N–H and O–H groups in total. The molecule has 2 atom stereocenters. The minimum absolute atomic E-state index is 0.0736. The fourth-order valence-corrected chi connectivity index (χ4v) is 3.22. The van der Waals surface area contributed by atoms with E-state index in [4.69, 9.17) is 30.3 Å². The number of fused-ring (bicyclic) bond motifs is 1. The summed E-state index contributed by atoms with van der Waals surface area (Å²) in [6.07, 6.45) is 0.810. The summed E-state index contributed by atoms with van der Waals surface area (Å²) in [6.45, 7) is 4.09. The summed E-state index contributed by atoms with van der Waals surface area (Å²) >= 11 is 5.86. The molecule has 4 rings (SSSR count). The molecule has 2 aromatic carbocycles. The minimum atomic E-state index is -0.443. The molecule has 0 spiro atoms. The van der Waals surface area contributed by atoms with E-state index in [-0.39, 0.29) is 25.2 Å². The number of nitrogens with one attached hydrogen (secondary N) is 1. The third-order valence-corrected chi connectivity index (χ3v) is 5.30. The van der Waals surface area contributed by atoms with Crippen molar-refractivity contribution >= 4 is 17.5 Å². The summed E-state index contributed by atoms with van der Waals surface area (Å²) in [5, 5.41) is 7.62. The van der Waals surface area contributed by atoms with E-state index in [1.807, 2.05) is 19.9 Å². The molecule has 31 heavy (non-hydrogen) atoms. The smallest absolute Gasteiger partial charge is 0.258 e. The zero-order valence-electron chi connectivity index (χ0n) is 17.1. The molecule has 1 amide bonds. The maximum absolute atomic E-state index is 12.5. The number of carbonyl (C=O) groups is 1. The van der Waals surface area contributed by atoms with Gasteiger partial charge in [-0.05, 0) is 48.4 Å². The van der Waals surface area contributed by atoms with E-state index in [9.17, 15) is 4.79 Å². The van der Waals surface area contributed by atoms with Crippen molar-refractivity contribution in [2.75, 3.05) is 13.4 Å². The number of hydrogen-bond donors (Lipinski definition) is 1. The van der Waals surface area contributed by atoms with Crippen molar-refractivity contribution in [3.63, 3.8) is 0 Å². The van der Waals surface area contributed by atoms with E-state index in [1.54, 1.807) is 36.4 Å². The van der Waals surface area contributed by atoms with Crippen LogP contribution in [0, 0.1) is 5.92 Å². The molecular weight excluding hydrogens is 422 g/mol. The Bertz CT molecular complexity index is 1050. The average Bonchev–Trinajstić information content (AvgIpc) is 3.45. The van der Waals surface area contributed by atoms with Gasteiger partial charge in [-0.1, -0.05) is 37.0 Å². The molecule has 1 aliphatic heterocycles. The van der Waals surface area contributed by atoms with Gasteiger partial charge >= 0.3 is 0 Å². The largest absolute Gasteiger partial charge is 0.484 e. The Morgan fingerprint density at radius 3 is 2.74 bits per heavy atom. The van der Waals surface area contributed by atoms with E-state index in [2.05, 4.69) is 15.5 Å². The monoisotopic (exact) mass is 443 g/mol. The Balaban J connectivity index is 1.45. The summed E-state index contributed by atoms with van der Waals surface area (Å²) in [7, 11) is 0. The van der Waals surface area contributed by atoms with Crippen LogP contribution in [0.25, 0.3) is 11.4 Å². The van der Waals surface area contributed by atoms with Gasteiger partial charge in [-0.2, -0.15) is 4.98 Å². The number of amides is 1. The van der Waals surface area contributed by atoms with Gasteiger partial charge in [-0.15, -0.1) is 0 Å². The van der Waals surface area contributed by atoms with Gasteiger partial charge in [0.25, 0.3) is 5.91 Å². The van der Waals surface area contributed by atoms with Crippen molar-refractivity contribution in [2.45, 2.75) is 26.3 Å². The lowest BCUT2D eigenvalue weighted by molar-refractivity contribution is -0.124. The van der Waals surface area contributed by atoms with Gasteiger partial charge in [0.05, 0.1) is 0 Å². The van der Waals surface area contributed by atoms with Gasteiger partial charge in [-0.3, -0.25) is 4.79 Å². The molecule has 9 heteroatoms. The summed E-state index contributed by atoms with van der Waals surface area (Å²) in [5.41, 5.74) is 0.736. The van der Waals surface area contributed by atoms with Crippen LogP contribution in [0.3, 0.4) is 0 Å². The van der Waals surface area contributed by atoms with Crippen LogP contribution in [0.1, 0.15) is 32.2 Å². The third kappa shape index (κ3) is 4.91. The number of halogens is 1. The van der Waals surface area contributed by atoms with E-state index < -0.39 is 6.04 Å². The first-order valence-electron chi connectivity index (χ1n) is 9.95. The van der Waals surface area contributed by atoms with Gasteiger partial charge in [-0.25, -0.2) is 0 Å². The lowest BCUT2D eigenvalue weighted by Gasteiger charge is -2.20. The van der Waals surface area contributed by atoms with E-state index >= 15 is 0 Å². The molecule has 0 unspecified atom stereocenters. The van der Waals surface area contributed by atoms with Gasteiger partial charge in [0, 0.05) is 10.6 Å². The number of aromatic nitrogens is 2. The van der Waals surface area contributed by atoms with Gasteiger partial charge in [0.2, 0.25) is 18.5 Å². The highest BCUT2D eigenvalue weighted by molar-refractivity contribution is 6.30. The lowest BCUT2D eigenvalue weighted by atomic mass is 9.99. The number of rotatable bonds is 8. The predicted octanol–water partition coefficient (Wildman–Crippen LogP) is 4.40. The first-order chi connectivity index (χ1) is 15.0. The summed E-state index contributed by atoms with van der Waals surface area (Å²) in [6, 6.07) is 11.8. The summed E-state index contributed by atoms with van der Waals surface area (Å²) in [5.74, 6) is 2.40. The molecule has 0 aliphatic carbocycles. The van der Waals surface area contributed by atoms with Crippen LogP contribution in [-0.4, -0.2) is 29.4 Å². The van der Waals surface area contributed by atoms with Gasteiger partial charge in [0.1, 0.15) is 11.8 Å². The fourth-order valence-electron chi connectivity index (χ4n) is 3.09. The molecule has 1 aromatic heterocycles. The molecule has 0 fully saturated rings. The number of benzene rings is 2. The number of ether oxygens (including phenoxy) is 3. The second-order valence-electron chi connectivity index (χ2n) is 7.20. The fraction of sp³-hybridized carbons (Fsp3) is 0.318. The third-order valence-electron chi connectivity index (χ3n) is 5.05. The molecular formula is C22H22ClN3O5. The van der Waals surface area contributed by atoms with Crippen LogP contribution < -0.4 is 19.5 Å². The number of hydrogen-bond acceptors (Lipinski definition) is 7. The van der Waals surface area contributed by atoms with Crippen LogP contribution >= 0.6 is 11.6 Å². The molecule has 0 radical (unpaired) electrons. The van der Waals surface area contributed by atoms with Crippen molar-refractivity contribution in [3.8, 4) is 28.6 Å². The molecule has 8 nitrogen and oxygen atoms in total. The Morgan fingerprint density at radius 2 is 1.97 bits per heavy atom. The highest BCUT2D eigenvalue weighted by Crippen LogP contribution is 2.35. The first-order valence-corrected chi connectivity index (χ1v) is 10.3. The molecule has 0 bridgehead atoms. The molecule has 162 valence electrons. The highest BCUT2D eigenvalue weighted by Gasteiger charge is 2.27. The predicted molar refractivity (Wildman–Crippen MR) is 113 cm³/mol. The summed E-state index contributed by atoms with van der Waals surface area (Å²) in [4.78, 5) is 17.0. The van der Waals surface area contributed by atoms with Crippen molar-refractivity contribution in [2.24, 2.45) is 5.92 Å². The van der Waals surface area contributed by atoms with Crippen LogP contribution in [0.2, 0.25) is 5.02 Å². The van der Waals surface area contributed by atoms with Crippen LogP contribution in [0.5, 0.6) is 17.2 Å². The first kappa shape index (κ1) is 21.0. The normalized spacial score (nSPS) is 14.2. The zero-order chi connectivity index (χ0) is 21.8. The van der Waals surface area contributed by atoms with Gasteiger partial charge < -0.3 is 24.1 Å². The summed E-state index contributed by atoms with van der Waals surface area (Å²) < 4.78 is 21.8. The van der Waals surface area contributed by atoms with Crippen molar-refractivity contribution in [3.05, 3.63) is 53.4 Å². The maximum atomic E-state index is 12.5.